The van der Waals surface area contributed by atoms with Crippen molar-refractivity contribution in [2.24, 2.45) is 5.73 Å². The average molecular weight is 191 g/mol. The molecule has 0 radical (unpaired) electrons. The SMILES string of the molecule is NC(=O)c1ccccc1CC1CCO1. The van der Waals surface area contributed by atoms with E-state index in [0.29, 0.717) is 5.56 Å². The highest BCUT2D eigenvalue weighted by atomic mass is 16.5. The minimum atomic E-state index is -0.361. The number of primary amides is 1. The van der Waals surface area contributed by atoms with Crippen LogP contribution in [0, 0.1) is 0 Å². The number of ether oxygens (including phenoxy) is 1. The smallest absolute Gasteiger partial charge is 0.248 e. The van der Waals surface area contributed by atoms with Gasteiger partial charge in [0.05, 0.1) is 6.10 Å². The molecule has 74 valence electrons. The molecule has 14 heavy (non-hydrogen) atoms. The molecule has 0 spiro atoms. The first-order chi connectivity index (χ1) is 6.77. The third kappa shape index (κ3) is 1.77. The van der Waals surface area contributed by atoms with Crippen LogP contribution < -0.4 is 5.73 Å². The number of carbonyl (C=O) groups is 1. The molecule has 1 aromatic rings. The Morgan fingerprint density at radius 3 is 2.79 bits per heavy atom. The van der Waals surface area contributed by atoms with Crippen molar-refractivity contribution in [2.75, 3.05) is 6.61 Å². The second-order valence-electron chi connectivity index (χ2n) is 3.51. The van der Waals surface area contributed by atoms with Gasteiger partial charge in [-0.3, -0.25) is 4.79 Å². The number of amides is 1. The molecule has 1 aliphatic heterocycles. The van der Waals surface area contributed by atoms with Crippen molar-refractivity contribution >= 4 is 5.91 Å². The lowest BCUT2D eigenvalue weighted by Gasteiger charge is -2.26. The summed E-state index contributed by atoms with van der Waals surface area (Å²) in [7, 11) is 0. The maximum absolute atomic E-state index is 11.1. The summed E-state index contributed by atoms with van der Waals surface area (Å²) in [5.41, 5.74) is 6.87. The van der Waals surface area contributed by atoms with Crippen LogP contribution in [0.1, 0.15) is 22.3 Å². The van der Waals surface area contributed by atoms with Crippen LogP contribution in [0.5, 0.6) is 0 Å². The average Bonchev–Trinajstić information content (AvgIpc) is 2.12. The number of hydrogen-bond acceptors (Lipinski definition) is 2. The van der Waals surface area contributed by atoms with Gasteiger partial charge in [0.2, 0.25) is 5.91 Å². The molecule has 2 N–H and O–H groups in total. The molecular weight excluding hydrogens is 178 g/mol. The predicted molar refractivity (Wildman–Crippen MR) is 53.0 cm³/mol. The molecule has 1 amide bonds. The summed E-state index contributed by atoms with van der Waals surface area (Å²) in [5, 5.41) is 0. The number of rotatable bonds is 3. The fraction of sp³-hybridized carbons (Fsp3) is 0.364. The van der Waals surface area contributed by atoms with Crippen LogP contribution in [0.4, 0.5) is 0 Å². The molecule has 3 heteroatoms. The summed E-state index contributed by atoms with van der Waals surface area (Å²) in [5.74, 6) is -0.361. The van der Waals surface area contributed by atoms with Crippen LogP contribution in [0.15, 0.2) is 24.3 Å². The number of nitrogens with two attached hydrogens (primary N) is 1. The second kappa shape index (κ2) is 3.80. The number of hydrogen-bond donors (Lipinski definition) is 1. The molecule has 0 saturated carbocycles. The fourth-order valence-electron chi connectivity index (χ4n) is 1.63. The zero-order valence-electron chi connectivity index (χ0n) is 7.90. The van der Waals surface area contributed by atoms with Crippen LogP contribution in [0.25, 0.3) is 0 Å². The molecular formula is C11H13NO2. The molecule has 0 bridgehead atoms. The van der Waals surface area contributed by atoms with Gasteiger partial charge in [-0.25, -0.2) is 0 Å². The molecule has 0 aromatic heterocycles. The van der Waals surface area contributed by atoms with Gasteiger partial charge < -0.3 is 10.5 Å². The first-order valence-electron chi connectivity index (χ1n) is 4.76. The Balaban J connectivity index is 2.17. The Kier molecular flexibility index (Phi) is 2.50. The third-order valence-electron chi connectivity index (χ3n) is 2.52. The van der Waals surface area contributed by atoms with Crippen molar-refractivity contribution in [2.45, 2.75) is 18.9 Å². The third-order valence-corrected chi connectivity index (χ3v) is 2.52. The number of carbonyl (C=O) groups excluding carboxylic acids is 1. The summed E-state index contributed by atoms with van der Waals surface area (Å²) >= 11 is 0. The van der Waals surface area contributed by atoms with Crippen LogP contribution in [-0.4, -0.2) is 18.6 Å². The van der Waals surface area contributed by atoms with Crippen molar-refractivity contribution in [3.05, 3.63) is 35.4 Å². The lowest BCUT2D eigenvalue weighted by molar-refractivity contribution is -0.0492. The molecule has 0 aliphatic carbocycles. The summed E-state index contributed by atoms with van der Waals surface area (Å²) in [4.78, 5) is 11.1. The van der Waals surface area contributed by atoms with Crippen LogP contribution in [0.2, 0.25) is 0 Å². The van der Waals surface area contributed by atoms with E-state index in [2.05, 4.69) is 0 Å². The Hall–Kier alpha value is -1.35. The highest BCUT2D eigenvalue weighted by Gasteiger charge is 2.20. The monoisotopic (exact) mass is 191 g/mol. The molecule has 1 atom stereocenters. The lowest BCUT2D eigenvalue weighted by Crippen LogP contribution is -2.29. The highest BCUT2D eigenvalue weighted by Crippen LogP contribution is 2.19. The molecule has 1 fully saturated rings. The molecule has 1 aliphatic rings. The van der Waals surface area contributed by atoms with Gasteiger partial charge in [0.15, 0.2) is 0 Å². The highest BCUT2D eigenvalue weighted by molar-refractivity contribution is 5.94. The Morgan fingerprint density at radius 1 is 1.50 bits per heavy atom. The number of benzene rings is 1. The maximum atomic E-state index is 11.1. The van der Waals surface area contributed by atoms with E-state index in [0.717, 1.165) is 25.0 Å². The van der Waals surface area contributed by atoms with Gasteiger partial charge in [0, 0.05) is 12.2 Å². The maximum Gasteiger partial charge on any atom is 0.248 e. The van der Waals surface area contributed by atoms with Crippen molar-refractivity contribution in [1.29, 1.82) is 0 Å². The largest absolute Gasteiger partial charge is 0.378 e. The van der Waals surface area contributed by atoms with Gasteiger partial charge in [0.25, 0.3) is 0 Å². The summed E-state index contributed by atoms with van der Waals surface area (Å²) in [6.07, 6.45) is 2.14. The van der Waals surface area contributed by atoms with Crippen molar-refractivity contribution in [1.82, 2.24) is 0 Å². The topological polar surface area (TPSA) is 52.3 Å². The zero-order valence-corrected chi connectivity index (χ0v) is 7.90. The molecule has 1 unspecified atom stereocenters. The van der Waals surface area contributed by atoms with Gasteiger partial charge in [-0.1, -0.05) is 18.2 Å². The van der Waals surface area contributed by atoms with E-state index in [9.17, 15) is 4.79 Å². The predicted octanol–water partition coefficient (Wildman–Crippen LogP) is 1.12. The Labute approximate surface area is 82.9 Å². The summed E-state index contributed by atoms with van der Waals surface area (Å²) in [6, 6.07) is 7.43. The lowest BCUT2D eigenvalue weighted by atomic mass is 9.98. The van der Waals surface area contributed by atoms with E-state index in [-0.39, 0.29) is 12.0 Å². The van der Waals surface area contributed by atoms with Crippen molar-refractivity contribution < 1.29 is 9.53 Å². The van der Waals surface area contributed by atoms with Gasteiger partial charge in [-0.05, 0) is 24.5 Å². The standard InChI is InChI=1S/C11H13NO2/c12-11(13)10-4-2-1-3-8(10)7-9-5-6-14-9/h1-4,9H,5-7H2,(H2,12,13). The summed E-state index contributed by atoms with van der Waals surface area (Å²) < 4.78 is 5.32. The van der Waals surface area contributed by atoms with Gasteiger partial charge in [0.1, 0.15) is 0 Å². The van der Waals surface area contributed by atoms with Crippen LogP contribution >= 0.6 is 0 Å². The van der Waals surface area contributed by atoms with Crippen molar-refractivity contribution in [3.63, 3.8) is 0 Å². The Morgan fingerprint density at radius 2 is 2.21 bits per heavy atom. The van der Waals surface area contributed by atoms with E-state index in [1.807, 2.05) is 18.2 Å². The van der Waals surface area contributed by atoms with Gasteiger partial charge >= 0.3 is 0 Å². The van der Waals surface area contributed by atoms with E-state index >= 15 is 0 Å². The molecule has 1 heterocycles. The first kappa shape index (κ1) is 9.21. The van der Waals surface area contributed by atoms with Gasteiger partial charge in [-0.15, -0.1) is 0 Å². The minimum Gasteiger partial charge on any atom is -0.378 e. The van der Waals surface area contributed by atoms with E-state index in [1.165, 1.54) is 0 Å². The quantitative estimate of drug-likeness (QED) is 0.778. The van der Waals surface area contributed by atoms with Gasteiger partial charge in [-0.2, -0.15) is 0 Å². The fourth-order valence-corrected chi connectivity index (χ4v) is 1.63. The van der Waals surface area contributed by atoms with E-state index in [4.69, 9.17) is 10.5 Å². The van der Waals surface area contributed by atoms with Crippen LogP contribution in [0.3, 0.4) is 0 Å². The molecule has 3 nitrogen and oxygen atoms in total. The molecule has 2 rings (SSSR count). The van der Waals surface area contributed by atoms with Crippen molar-refractivity contribution in [3.8, 4) is 0 Å². The molecule has 1 aromatic carbocycles. The van der Waals surface area contributed by atoms with E-state index in [1.54, 1.807) is 6.07 Å². The molecule has 1 saturated heterocycles. The van der Waals surface area contributed by atoms with E-state index < -0.39 is 0 Å². The normalized spacial score (nSPS) is 20.1. The second-order valence-corrected chi connectivity index (χ2v) is 3.51. The minimum absolute atomic E-state index is 0.274. The first-order valence-corrected chi connectivity index (χ1v) is 4.76. The zero-order chi connectivity index (χ0) is 9.97. The Bertz CT molecular complexity index is 345. The summed E-state index contributed by atoms with van der Waals surface area (Å²) in [6.45, 7) is 0.837. The van der Waals surface area contributed by atoms with Crippen LogP contribution in [-0.2, 0) is 11.2 Å².